The number of rotatable bonds is 4. The van der Waals surface area contributed by atoms with Gasteiger partial charge in [-0.15, -0.1) is 0 Å². The number of carbonyl (C=O) groups excluding carboxylic acids is 1. The minimum Gasteiger partial charge on any atom is -0.366 e. The largest absolute Gasteiger partial charge is 0.366 e. The summed E-state index contributed by atoms with van der Waals surface area (Å²) >= 11 is 5.28. The van der Waals surface area contributed by atoms with Gasteiger partial charge in [0, 0.05) is 11.3 Å². The number of anilines is 1. The molecular formula is C17H16N4OS. The molecule has 116 valence electrons. The van der Waals surface area contributed by atoms with E-state index in [4.69, 9.17) is 23.2 Å². The summed E-state index contributed by atoms with van der Waals surface area (Å²) in [4.78, 5) is 11.0. The van der Waals surface area contributed by atoms with Gasteiger partial charge in [-0.2, -0.15) is 5.26 Å². The summed E-state index contributed by atoms with van der Waals surface area (Å²) in [6.07, 6.45) is 0. The van der Waals surface area contributed by atoms with Crippen molar-refractivity contribution in [3.05, 3.63) is 65.2 Å². The van der Waals surface area contributed by atoms with Crippen LogP contribution in [0.5, 0.6) is 0 Å². The Labute approximate surface area is 140 Å². The molecule has 0 fully saturated rings. The summed E-state index contributed by atoms with van der Waals surface area (Å²) in [6, 6.07) is 16.1. The summed E-state index contributed by atoms with van der Waals surface area (Å²) in [5.74, 6) is -0.466. The molecule has 0 heterocycles. The predicted octanol–water partition coefficient (Wildman–Crippen LogP) is 2.70. The smallest absolute Gasteiger partial charge is 0.248 e. The molecule has 2 aromatic rings. The molecule has 5 nitrogen and oxygen atoms in total. The van der Waals surface area contributed by atoms with Gasteiger partial charge in [-0.05, 0) is 61.1 Å². The Morgan fingerprint density at radius 3 is 2.30 bits per heavy atom. The molecule has 0 aromatic heterocycles. The van der Waals surface area contributed by atoms with Crippen LogP contribution in [-0.2, 0) is 0 Å². The monoisotopic (exact) mass is 324 g/mol. The maximum Gasteiger partial charge on any atom is 0.248 e. The molecule has 6 heteroatoms. The lowest BCUT2D eigenvalue weighted by Crippen LogP contribution is -2.30. The number of nitrogens with two attached hydrogens (primary N) is 1. The molecule has 0 aliphatic carbocycles. The van der Waals surface area contributed by atoms with E-state index < -0.39 is 5.91 Å². The van der Waals surface area contributed by atoms with Crippen LogP contribution in [0, 0.1) is 11.3 Å². The van der Waals surface area contributed by atoms with Crippen LogP contribution in [0.1, 0.15) is 34.5 Å². The number of hydrogen-bond donors (Lipinski definition) is 3. The van der Waals surface area contributed by atoms with Crippen LogP contribution in [0.2, 0.25) is 0 Å². The molecule has 0 radical (unpaired) electrons. The zero-order valence-corrected chi connectivity index (χ0v) is 13.4. The quantitative estimate of drug-likeness (QED) is 0.752. The summed E-state index contributed by atoms with van der Waals surface area (Å²) in [7, 11) is 0. The number of nitrogens with one attached hydrogen (secondary N) is 2. The van der Waals surface area contributed by atoms with E-state index in [0.29, 0.717) is 16.2 Å². The summed E-state index contributed by atoms with van der Waals surface area (Å²) < 4.78 is 0. The second kappa shape index (κ2) is 7.38. The Balaban J connectivity index is 1.95. The van der Waals surface area contributed by atoms with Gasteiger partial charge in [0.05, 0.1) is 17.7 Å². The number of amides is 1. The van der Waals surface area contributed by atoms with Gasteiger partial charge in [-0.25, -0.2) is 0 Å². The average molecular weight is 324 g/mol. The van der Waals surface area contributed by atoms with Gasteiger partial charge in [-0.3, -0.25) is 4.79 Å². The Morgan fingerprint density at radius 1 is 1.17 bits per heavy atom. The predicted molar refractivity (Wildman–Crippen MR) is 93.9 cm³/mol. The molecule has 1 atom stereocenters. The van der Waals surface area contributed by atoms with Gasteiger partial charge in [0.1, 0.15) is 0 Å². The fourth-order valence-electron chi connectivity index (χ4n) is 2.01. The molecular weight excluding hydrogens is 308 g/mol. The number of carbonyl (C=O) groups is 1. The molecule has 0 aliphatic rings. The molecule has 0 bridgehead atoms. The van der Waals surface area contributed by atoms with E-state index in [1.807, 2.05) is 19.1 Å². The van der Waals surface area contributed by atoms with Crippen LogP contribution in [0.15, 0.2) is 48.5 Å². The van der Waals surface area contributed by atoms with Crippen molar-refractivity contribution in [2.24, 2.45) is 5.73 Å². The van der Waals surface area contributed by atoms with Crippen molar-refractivity contribution in [2.45, 2.75) is 13.0 Å². The zero-order chi connectivity index (χ0) is 16.8. The van der Waals surface area contributed by atoms with Gasteiger partial charge < -0.3 is 16.4 Å². The first-order valence-electron chi connectivity index (χ1n) is 6.97. The summed E-state index contributed by atoms with van der Waals surface area (Å²) in [5, 5.41) is 15.5. The Bertz CT molecular complexity index is 748. The molecule has 2 rings (SSSR count). The third kappa shape index (κ3) is 4.53. The van der Waals surface area contributed by atoms with Crippen LogP contribution in [0.3, 0.4) is 0 Å². The standard InChI is InChI=1S/C17H16N4OS/c1-11(13-4-2-12(10-18)3-5-13)20-17(23)21-15-8-6-14(7-9-15)16(19)22/h2-9,11H,1H3,(H2,19,22)(H2,20,21,23). The molecule has 0 spiro atoms. The maximum atomic E-state index is 11.0. The number of nitrogens with zero attached hydrogens (tertiary/aromatic N) is 1. The number of hydrogen-bond acceptors (Lipinski definition) is 3. The van der Waals surface area contributed by atoms with Gasteiger partial charge >= 0.3 is 0 Å². The van der Waals surface area contributed by atoms with Gasteiger partial charge in [0.15, 0.2) is 5.11 Å². The van der Waals surface area contributed by atoms with Crippen molar-refractivity contribution in [2.75, 3.05) is 5.32 Å². The number of primary amides is 1. The molecule has 0 saturated heterocycles. The molecule has 0 aliphatic heterocycles. The van der Waals surface area contributed by atoms with E-state index in [-0.39, 0.29) is 6.04 Å². The van der Waals surface area contributed by atoms with E-state index >= 15 is 0 Å². The highest BCUT2D eigenvalue weighted by molar-refractivity contribution is 7.80. The van der Waals surface area contributed by atoms with E-state index in [1.165, 1.54) is 0 Å². The molecule has 4 N–H and O–H groups in total. The SMILES string of the molecule is CC(NC(=S)Nc1ccc(C(N)=O)cc1)c1ccc(C#N)cc1. The highest BCUT2D eigenvalue weighted by Gasteiger charge is 2.07. The normalized spacial score (nSPS) is 11.1. The number of thiocarbonyl (C=S) groups is 1. The third-order valence-corrected chi connectivity index (χ3v) is 3.53. The lowest BCUT2D eigenvalue weighted by atomic mass is 10.1. The molecule has 0 saturated carbocycles. The van der Waals surface area contributed by atoms with Crippen molar-refractivity contribution in [1.29, 1.82) is 5.26 Å². The van der Waals surface area contributed by atoms with Crippen molar-refractivity contribution in [1.82, 2.24) is 5.32 Å². The molecule has 1 amide bonds. The average Bonchev–Trinajstić information content (AvgIpc) is 2.55. The Morgan fingerprint density at radius 2 is 1.78 bits per heavy atom. The number of nitriles is 1. The lowest BCUT2D eigenvalue weighted by molar-refractivity contribution is 0.100. The van der Waals surface area contributed by atoms with Gasteiger partial charge in [0.2, 0.25) is 5.91 Å². The number of benzene rings is 2. The molecule has 2 aromatic carbocycles. The summed E-state index contributed by atoms with van der Waals surface area (Å²) in [6.45, 7) is 1.98. The van der Waals surface area contributed by atoms with Gasteiger partial charge in [-0.1, -0.05) is 12.1 Å². The van der Waals surface area contributed by atoms with Crippen molar-refractivity contribution < 1.29 is 4.79 Å². The van der Waals surface area contributed by atoms with Gasteiger partial charge in [0.25, 0.3) is 0 Å². The second-order valence-electron chi connectivity index (χ2n) is 5.00. The lowest BCUT2D eigenvalue weighted by Gasteiger charge is -2.17. The fraction of sp³-hybridized carbons (Fsp3) is 0.118. The second-order valence-corrected chi connectivity index (χ2v) is 5.40. The first-order chi connectivity index (χ1) is 11.0. The van der Waals surface area contributed by atoms with E-state index in [0.717, 1.165) is 11.3 Å². The Kier molecular flexibility index (Phi) is 5.28. The minimum absolute atomic E-state index is 0.00682. The third-order valence-electron chi connectivity index (χ3n) is 3.31. The van der Waals surface area contributed by atoms with E-state index in [1.54, 1.807) is 36.4 Å². The highest BCUT2D eigenvalue weighted by Crippen LogP contribution is 2.14. The van der Waals surface area contributed by atoms with Crippen molar-refractivity contribution in [3.63, 3.8) is 0 Å². The minimum atomic E-state index is -0.466. The zero-order valence-electron chi connectivity index (χ0n) is 12.5. The summed E-state index contributed by atoms with van der Waals surface area (Å²) in [5.41, 5.74) is 8.05. The van der Waals surface area contributed by atoms with Crippen LogP contribution in [0.25, 0.3) is 0 Å². The molecule has 1 unspecified atom stereocenters. The van der Waals surface area contributed by atoms with Crippen molar-refractivity contribution >= 4 is 28.9 Å². The highest BCUT2D eigenvalue weighted by atomic mass is 32.1. The first-order valence-corrected chi connectivity index (χ1v) is 7.38. The first kappa shape index (κ1) is 16.5. The van der Waals surface area contributed by atoms with Crippen LogP contribution >= 0.6 is 12.2 Å². The van der Waals surface area contributed by atoms with Crippen LogP contribution < -0.4 is 16.4 Å². The molecule has 23 heavy (non-hydrogen) atoms. The Hall–Kier alpha value is -2.91. The fourth-order valence-corrected chi connectivity index (χ4v) is 2.31. The van der Waals surface area contributed by atoms with E-state index in [9.17, 15) is 4.79 Å². The van der Waals surface area contributed by atoms with E-state index in [2.05, 4.69) is 16.7 Å². The van der Waals surface area contributed by atoms with Crippen molar-refractivity contribution in [3.8, 4) is 6.07 Å². The maximum absolute atomic E-state index is 11.0. The van der Waals surface area contributed by atoms with Crippen LogP contribution in [0.4, 0.5) is 5.69 Å². The van der Waals surface area contributed by atoms with Crippen LogP contribution in [-0.4, -0.2) is 11.0 Å². The topological polar surface area (TPSA) is 90.9 Å².